The third kappa shape index (κ3) is 4.33. The molecule has 1 aliphatic rings. The molecule has 0 aromatic carbocycles. The maximum atomic E-state index is 13.4. The van der Waals surface area contributed by atoms with Gasteiger partial charge in [0.1, 0.15) is 11.6 Å². The first-order valence-corrected chi connectivity index (χ1v) is 8.66. The average Bonchev–Trinajstić information content (AvgIpc) is 2.49. The van der Waals surface area contributed by atoms with E-state index < -0.39 is 5.82 Å². The van der Waals surface area contributed by atoms with E-state index in [9.17, 15) is 9.18 Å². The van der Waals surface area contributed by atoms with Gasteiger partial charge in [0, 0.05) is 17.8 Å². The SMILES string of the molecule is CCNc1ncc(F)cc1C(=O)NC1CCCC(SC)C1. The number of aromatic nitrogens is 1. The number of amides is 1. The molecule has 2 atom stereocenters. The number of thioether (sulfide) groups is 1. The minimum atomic E-state index is -0.493. The molecule has 1 amide bonds. The fourth-order valence-electron chi connectivity index (χ4n) is 2.67. The number of nitrogens with one attached hydrogen (secondary N) is 2. The zero-order valence-corrected chi connectivity index (χ0v) is 13.3. The Bertz CT molecular complexity index is 498. The van der Waals surface area contributed by atoms with Crippen molar-refractivity contribution in [3.05, 3.63) is 23.6 Å². The van der Waals surface area contributed by atoms with Gasteiger partial charge in [-0.1, -0.05) is 6.42 Å². The zero-order chi connectivity index (χ0) is 15.2. The van der Waals surface area contributed by atoms with Gasteiger partial charge < -0.3 is 10.6 Å². The molecule has 6 heteroatoms. The van der Waals surface area contributed by atoms with Gasteiger partial charge in [-0.15, -0.1) is 0 Å². The minimum Gasteiger partial charge on any atom is -0.370 e. The van der Waals surface area contributed by atoms with Crippen LogP contribution in [0.2, 0.25) is 0 Å². The lowest BCUT2D eigenvalue weighted by molar-refractivity contribution is 0.0928. The van der Waals surface area contributed by atoms with E-state index in [4.69, 9.17) is 0 Å². The molecule has 0 spiro atoms. The fourth-order valence-corrected chi connectivity index (χ4v) is 3.50. The van der Waals surface area contributed by atoms with E-state index in [-0.39, 0.29) is 17.5 Å². The van der Waals surface area contributed by atoms with Gasteiger partial charge in [-0.25, -0.2) is 9.37 Å². The van der Waals surface area contributed by atoms with Crippen molar-refractivity contribution in [3.8, 4) is 0 Å². The van der Waals surface area contributed by atoms with E-state index in [1.165, 1.54) is 12.5 Å². The highest BCUT2D eigenvalue weighted by atomic mass is 32.2. The third-order valence-corrected chi connectivity index (χ3v) is 4.83. The molecular weight excluding hydrogens is 289 g/mol. The van der Waals surface area contributed by atoms with Gasteiger partial charge in [0.25, 0.3) is 5.91 Å². The van der Waals surface area contributed by atoms with E-state index in [0.29, 0.717) is 17.6 Å². The third-order valence-electron chi connectivity index (χ3n) is 3.74. The predicted molar refractivity (Wildman–Crippen MR) is 85.4 cm³/mol. The van der Waals surface area contributed by atoms with Crippen LogP contribution in [0, 0.1) is 5.82 Å². The number of anilines is 1. The van der Waals surface area contributed by atoms with E-state index in [1.807, 2.05) is 18.7 Å². The molecule has 1 heterocycles. The molecule has 0 aliphatic heterocycles. The van der Waals surface area contributed by atoms with Gasteiger partial charge in [0.2, 0.25) is 0 Å². The number of nitrogens with zero attached hydrogens (tertiary/aromatic N) is 1. The number of hydrogen-bond acceptors (Lipinski definition) is 4. The van der Waals surface area contributed by atoms with Gasteiger partial charge in [-0.05, 0) is 38.5 Å². The van der Waals surface area contributed by atoms with Crippen molar-refractivity contribution in [1.82, 2.24) is 10.3 Å². The predicted octanol–water partition coefficient (Wildman–Crippen LogP) is 3.06. The van der Waals surface area contributed by atoms with Crippen LogP contribution in [0.15, 0.2) is 12.3 Å². The van der Waals surface area contributed by atoms with Crippen LogP contribution < -0.4 is 10.6 Å². The monoisotopic (exact) mass is 311 g/mol. The van der Waals surface area contributed by atoms with Gasteiger partial charge in [-0.2, -0.15) is 11.8 Å². The normalized spacial score (nSPS) is 21.9. The summed E-state index contributed by atoms with van der Waals surface area (Å²) in [6, 6.07) is 1.41. The lowest BCUT2D eigenvalue weighted by atomic mass is 9.94. The lowest BCUT2D eigenvalue weighted by Crippen LogP contribution is -2.39. The van der Waals surface area contributed by atoms with Gasteiger partial charge >= 0.3 is 0 Å². The molecule has 0 bridgehead atoms. The van der Waals surface area contributed by atoms with Crippen LogP contribution in [0.25, 0.3) is 0 Å². The Kier molecular flexibility index (Phi) is 5.85. The molecule has 116 valence electrons. The van der Waals surface area contributed by atoms with Crippen LogP contribution in [-0.4, -0.2) is 35.0 Å². The molecule has 1 saturated carbocycles. The molecule has 21 heavy (non-hydrogen) atoms. The number of pyridine rings is 1. The largest absolute Gasteiger partial charge is 0.370 e. The summed E-state index contributed by atoms with van der Waals surface area (Å²) in [6.45, 7) is 2.55. The summed E-state index contributed by atoms with van der Waals surface area (Å²) in [6.07, 6.45) is 7.53. The highest BCUT2D eigenvalue weighted by Crippen LogP contribution is 2.27. The van der Waals surface area contributed by atoms with Gasteiger partial charge in [0.05, 0.1) is 11.8 Å². The van der Waals surface area contributed by atoms with Crippen molar-refractivity contribution in [2.45, 2.75) is 43.9 Å². The van der Waals surface area contributed by atoms with E-state index in [2.05, 4.69) is 21.9 Å². The van der Waals surface area contributed by atoms with Gasteiger partial charge in [-0.3, -0.25) is 4.79 Å². The molecule has 4 nitrogen and oxygen atoms in total. The fraction of sp³-hybridized carbons (Fsp3) is 0.600. The standard InChI is InChI=1S/C15H22FN3OS/c1-3-17-14-13(7-10(16)9-18-14)15(20)19-11-5-4-6-12(8-11)21-2/h7,9,11-12H,3-6,8H2,1-2H3,(H,17,18)(H,19,20). The van der Waals surface area contributed by atoms with Crippen LogP contribution in [0.5, 0.6) is 0 Å². The van der Waals surface area contributed by atoms with Crippen molar-refractivity contribution in [3.63, 3.8) is 0 Å². The lowest BCUT2D eigenvalue weighted by Gasteiger charge is -2.28. The highest BCUT2D eigenvalue weighted by molar-refractivity contribution is 7.99. The van der Waals surface area contributed by atoms with Crippen LogP contribution in [0.4, 0.5) is 10.2 Å². The van der Waals surface area contributed by atoms with Crippen molar-refractivity contribution in [1.29, 1.82) is 0 Å². The Morgan fingerprint density at radius 3 is 3.05 bits per heavy atom. The second kappa shape index (κ2) is 7.64. The molecule has 2 N–H and O–H groups in total. The van der Waals surface area contributed by atoms with Crippen molar-refractivity contribution in [2.75, 3.05) is 18.1 Å². The van der Waals surface area contributed by atoms with E-state index >= 15 is 0 Å². The van der Waals surface area contributed by atoms with Crippen LogP contribution in [0.3, 0.4) is 0 Å². The summed E-state index contributed by atoms with van der Waals surface area (Å²) in [5, 5.41) is 6.63. The van der Waals surface area contributed by atoms with Crippen molar-refractivity contribution < 1.29 is 9.18 Å². The molecule has 2 rings (SSSR count). The molecule has 1 fully saturated rings. The Balaban J connectivity index is 2.07. The summed E-state index contributed by atoms with van der Waals surface area (Å²) in [7, 11) is 0. The van der Waals surface area contributed by atoms with Crippen LogP contribution >= 0.6 is 11.8 Å². The molecular formula is C15H22FN3OS. The average molecular weight is 311 g/mol. The van der Waals surface area contributed by atoms with E-state index in [1.54, 1.807) is 0 Å². The summed E-state index contributed by atoms with van der Waals surface area (Å²) in [5.74, 6) is -0.300. The quantitative estimate of drug-likeness (QED) is 0.877. The van der Waals surface area contributed by atoms with Crippen LogP contribution in [0.1, 0.15) is 43.0 Å². The smallest absolute Gasteiger partial charge is 0.255 e. The molecule has 0 saturated heterocycles. The summed E-state index contributed by atoms with van der Waals surface area (Å²) >= 11 is 1.85. The number of carbonyl (C=O) groups excluding carboxylic acids is 1. The Morgan fingerprint density at radius 1 is 1.52 bits per heavy atom. The van der Waals surface area contributed by atoms with Gasteiger partial charge in [0.15, 0.2) is 0 Å². The summed E-state index contributed by atoms with van der Waals surface area (Å²) < 4.78 is 13.4. The topological polar surface area (TPSA) is 54.0 Å². The van der Waals surface area contributed by atoms with E-state index in [0.717, 1.165) is 25.5 Å². The Labute approximate surface area is 129 Å². The maximum Gasteiger partial charge on any atom is 0.255 e. The maximum absolute atomic E-state index is 13.4. The molecule has 1 aromatic rings. The summed E-state index contributed by atoms with van der Waals surface area (Å²) in [4.78, 5) is 16.4. The van der Waals surface area contributed by atoms with Crippen LogP contribution in [-0.2, 0) is 0 Å². The van der Waals surface area contributed by atoms with Crippen molar-refractivity contribution >= 4 is 23.5 Å². The molecule has 1 aliphatic carbocycles. The first-order valence-electron chi connectivity index (χ1n) is 7.37. The number of halogens is 1. The first kappa shape index (κ1) is 16.1. The second-order valence-corrected chi connectivity index (χ2v) is 6.41. The highest BCUT2D eigenvalue weighted by Gasteiger charge is 2.24. The number of hydrogen-bond donors (Lipinski definition) is 2. The van der Waals surface area contributed by atoms with Crippen molar-refractivity contribution in [2.24, 2.45) is 0 Å². The zero-order valence-electron chi connectivity index (χ0n) is 12.5. The summed E-state index contributed by atoms with van der Waals surface area (Å²) in [5.41, 5.74) is 0.281. The Morgan fingerprint density at radius 2 is 2.33 bits per heavy atom. The first-order chi connectivity index (χ1) is 10.1. The Hall–Kier alpha value is -1.30. The number of carbonyl (C=O) groups is 1. The molecule has 2 unspecified atom stereocenters. The number of rotatable bonds is 5. The minimum absolute atomic E-state index is 0.168. The second-order valence-electron chi connectivity index (χ2n) is 5.27. The molecule has 1 aromatic heterocycles. The molecule has 0 radical (unpaired) electrons.